The van der Waals surface area contributed by atoms with E-state index >= 15 is 0 Å². The van der Waals surface area contributed by atoms with Gasteiger partial charge in [0.25, 0.3) is 0 Å². The van der Waals surface area contributed by atoms with Crippen LogP contribution in [0.4, 0.5) is 0 Å². The first-order valence-corrected chi connectivity index (χ1v) is 8.66. The van der Waals surface area contributed by atoms with Gasteiger partial charge in [-0.1, -0.05) is 34.9 Å². The Balaban J connectivity index is 4.02. The highest BCUT2D eigenvalue weighted by Crippen LogP contribution is 2.34. The Bertz CT molecular complexity index is 416. The smallest absolute Gasteiger partial charge is 0.329 e. The van der Waals surface area contributed by atoms with Gasteiger partial charge >= 0.3 is 7.60 Å². The molecular formula is C15H27O4P. The summed E-state index contributed by atoms with van der Waals surface area (Å²) >= 11 is 0. The summed E-state index contributed by atoms with van der Waals surface area (Å²) in [5.41, 5.74) is 3.30. The van der Waals surface area contributed by atoms with Crippen LogP contribution in [0.1, 0.15) is 46.5 Å². The molecule has 0 rings (SSSR count). The zero-order valence-electron chi connectivity index (χ0n) is 12.7. The van der Waals surface area contributed by atoms with E-state index in [2.05, 4.69) is 13.0 Å². The van der Waals surface area contributed by atoms with E-state index in [1.165, 1.54) is 5.57 Å². The quantitative estimate of drug-likeness (QED) is 0.449. The van der Waals surface area contributed by atoms with Crippen LogP contribution in [0.5, 0.6) is 0 Å². The fourth-order valence-corrected chi connectivity index (χ4v) is 2.19. The van der Waals surface area contributed by atoms with Gasteiger partial charge in [0.2, 0.25) is 0 Å². The summed E-state index contributed by atoms with van der Waals surface area (Å²) < 4.78 is 10.7. The Morgan fingerprint density at radius 3 is 1.80 bits per heavy atom. The van der Waals surface area contributed by atoms with E-state index in [-0.39, 0.29) is 12.8 Å². The largest absolute Gasteiger partial charge is 0.392 e. The molecular weight excluding hydrogens is 275 g/mol. The molecule has 0 saturated heterocycles. The highest BCUT2D eigenvalue weighted by Gasteiger charge is 2.09. The lowest BCUT2D eigenvalue weighted by atomic mass is 10.1. The summed E-state index contributed by atoms with van der Waals surface area (Å²) in [5.74, 6) is 0. The second-order valence-electron chi connectivity index (χ2n) is 5.23. The summed E-state index contributed by atoms with van der Waals surface area (Å²) in [4.78, 5) is 17.5. The van der Waals surface area contributed by atoms with Gasteiger partial charge in [-0.15, -0.1) is 0 Å². The molecule has 0 saturated carbocycles. The third kappa shape index (κ3) is 12.4. The maximum atomic E-state index is 10.7. The third-order valence-corrected chi connectivity index (χ3v) is 3.65. The average molecular weight is 302 g/mol. The molecule has 0 spiro atoms. The minimum absolute atomic E-state index is 0.117. The number of hydrogen-bond acceptors (Lipinski definition) is 2. The van der Waals surface area contributed by atoms with E-state index < -0.39 is 7.60 Å². The molecule has 0 heterocycles. The van der Waals surface area contributed by atoms with Gasteiger partial charge in [-0.2, -0.15) is 0 Å². The molecule has 116 valence electrons. The van der Waals surface area contributed by atoms with Gasteiger partial charge in [0, 0.05) is 0 Å². The van der Waals surface area contributed by atoms with E-state index in [1.807, 2.05) is 19.9 Å². The first kappa shape index (κ1) is 19.3. The molecule has 5 heteroatoms. The average Bonchev–Trinajstić information content (AvgIpc) is 2.35. The SMILES string of the molecule is CC(=CCCC(C)=CCCC(C)=CCP(=O)(O)O)CO. The van der Waals surface area contributed by atoms with Crippen molar-refractivity contribution in [3.05, 3.63) is 34.9 Å². The molecule has 0 unspecified atom stereocenters. The van der Waals surface area contributed by atoms with E-state index in [0.717, 1.165) is 36.8 Å². The van der Waals surface area contributed by atoms with Crippen molar-refractivity contribution in [1.82, 2.24) is 0 Å². The second kappa shape index (κ2) is 10.1. The molecule has 3 N–H and O–H groups in total. The van der Waals surface area contributed by atoms with Gasteiger partial charge in [0.05, 0.1) is 12.8 Å². The lowest BCUT2D eigenvalue weighted by Crippen LogP contribution is -1.86. The predicted molar refractivity (Wildman–Crippen MR) is 83.7 cm³/mol. The van der Waals surface area contributed by atoms with Gasteiger partial charge < -0.3 is 14.9 Å². The molecule has 0 fully saturated rings. The molecule has 0 aliphatic rings. The van der Waals surface area contributed by atoms with Crippen LogP contribution in [0, 0.1) is 0 Å². The van der Waals surface area contributed by atoms with Crippen LogP contribution in [0.3, 0.4) is 0 Å². The van der Waals surface area contributed by atoms with Gasteiger partial charge in [-0.25, -0.2) is 0 Å². The molecule has 20 heavy (non-hydrogen) atoms. The van der Waals surface area contributed by atoms with Crippen molar-refractivity contribution in [3.8, 4) is 0 Å². The van der Waals surface area contributed by atoms with Gasteiger partial charge in [0.1, 0.15) is 0 Å². The topological polar surface area (TPSA) is 77.8 Å². The molecule has 0 aliphatic heterocycles. The third-order valence-electron chi connectivity index (χ3n) is 2.99. The molecule has 0 aromatic heterocycles. The molecule has 0 radical (unpaired) electrons. The number of rotatable bonds is 9. The van der Waals surface area contributed by atoms with Crippen molar-refractivity contribution in [2.45, 2.75) is 46.5 Å². The van der Waals surface area contributed by atoms with Crippen molar-refractivity contribution in [1.29, 1.82) is 0 Å². The highest BCUT2D eigenvalue weighted by atomic mass is 31.2. The summed E-state index contributed by atoms with van der Waals surface area (Å²) in [6, 6.07) is 0. The maximum absolute atomic E-state index is 10.7. The number of allylic oxidation sites excluding steroid dienone is 5. The van der Waals surface area contributed by atoms with Gasteiger partial charge in [-0.05, 0) is 46.5 Å². The fraction of sp³-hybridized carbons (Fsp3) is 0.600. The minimum atomic E-state index is -3.92. The number of aliphatic hydroxyl groups excluding tert-OH is 1. The molecule has 0 aromatic rings. The van der Waals surface area contributed by atoms with Crippen LogP contribution in [0.15, 0.2) is 34.9 Å². The van der Waals surface area contributed by atoms with Crippen LogP contribution >= 0.6 is 7.60 Å². The van der Waals surface area contributed by atoms with Gasteiger partial charge in [-0.3, -0.25) is 4.57 Å². The van der Waals surface area contributed by atoms with E-state index in [9.17, 15) is 4.57 Å². The van der Waals surface area contributed by atoms with Crippen molar-refractivity contribution in [2.24, 2.45) is 0 Å². The summed E-state index contributed by atoms with van der Waals surface area (Å²) in [6.45, 7) is 6.00. The molecule has 0 aliphatic carbocycles. The Hall–Kier alpha value is -0.670. The summed E-state index contributed by atoms with van der Waals surface area (Å²) in [7, 11) is -3.92. The Morgan fingerprint density at radius 2 is 1.35 bits per heavy atom. The molecule has 4 nitrogen and oxygen atoms in total. The van der Waals surface area contributed by atoms with Crippen LogP contribution in [-0.2, 0) is 4.57 Å². The predicted octanol–water partition coefficient (Wildman–Crippen LogP) is 3.56. The van der Waals surface area contributed by atoms with E-state index in [0.29, 0.717) is 0 Å². The van der Waals surface area contributed by atoms with Crippen LogP contribution in [0.25, 0.3) is 0 Å². The van der Waals surface area contributed by atoms with Crippen molar-refractivity contribution in [3.63, 3.8) is 0 Å². The van der Waals surface area contributed by atoms with E-state index in [4.69, 9.17) is 14.9 Å². The fourth-order valence-electron chi connectivity index (χ4n) is 1.64. The lowest BCUT2D eigenvalue weighted by molar-refractivity contribution is 0.331. The van der Waals surface area contributed by atoms with Crippen LogP contribution in [0.2, 0.25) is 0 Å². The van der Waals surface area contributed by atoms with E-state index in [1.54, 1.807) is 6.08 Å². The molecule has 0 aromatic carbocycles. The lowest BCUT2D eigenvalue weighted by Gasteiger charge is -2.03. The molecule has 0 bridgehead atoms. The monoisotopic (exact) mass is 302 g/mol. The number of hydrogen-bond donors (Lipinski definition) is 3. The first-order chi connectivity index (χ1) is 9.24. The normalized spacial score (nSPS) is 14.8. The van der Waals surface area contributed by atoms with Crippen LogP contribution < -0.4 is 0 Å². The standard InChI is InChI=1S/C15H27O4P/c1-13(7-5-9-15(3)12-16)6-4-8-14(2)10-11-20(17,18)19/h6,9-10,16H,4-5,7-8,11-12H2,1-3H3,(H2,17,18,19). The van der Waals surface area contributed by atoms with Crippen molar-refractivity contribution < 1.29 is 19.5 Å². The maximum Gasteiger partial charge on any atom is 0.329 e. The highest BCUT2D eigenvalue weighted by molar-refractivity contribution is 7.51. The van der Waals surface area contributed by atoms with Gasteiger partial charge in [0.15, 0.2) is 0 Å². The summed E-state index contributed by atoms with van der Waals surface area (Å²) in [5, 5.41) is 8.87. The van der Waals surface area contributed by atoms with Crippen molar-refractivity contribution in [2.75, 3.05) is 12.8 Å². The van der Waals surface area contributed by atoms with Crippen molar-refractivity contribution >= 4 is 7.60 Å². The Morgan fingerprint density at radius 1 is 0.900 bits per heavy atom. The Kier molecular flexibility index (Phi) is 9.78. The number of aliphatic hydroxyl groups is 1. The summed E-state index contributed by atoms with van der Waals surface area (Å²) in [6.07, 6.45) is 9.27. The van der Waals surface area contributed by atoms with Crippen LogP contribution in [-0.4, -0.2) is 27.7 Å². The first-order valence-electron chi connectivity index (χ1n) is 6.87. The zero-order chi connectivity index (χ0) is 15.6. The zero-order valence-corrected chi connectivity index (χ0v) is 13.6. The Labute approximate surface area is 122 Å². The molecule has 0 atom stereocenters. The molecule has 0 amide bonds. The minimum Gasteiger partial charge on any atom is -0.392 e. The second-order valence-corrected chi connectivity index (χ2v) is 6.93.